The lowest BCUT2D eigenvalue weighted by molar-refractivity contribution is -0.127. The van der Waals surface area contributed by atoms with Crippen molar-refractivity contribution in [2.45, 2.75) is 23.0 Å². The summed E-state index contributed by atoms with van der Waals surface area (Å²) in [6.07, 6.45) is 2.11. The maximum Gasteiger partial charge on any atom is 0.277 e. The van der Waals surface area contributed by atoms with Crippen LogP contribution in [0.3, 0.4) is 0 Å². The van der Waals surface area contributed by atoms with E-state index in [1.807, 2.05) is 4.90 Å². The number of aromatic nitrogens is 2. The van der Waals surface area contributed by atoms with Crippen molar-refractivity contribution >= 4 is 33.4 Å². The fraction of sp³-hybridized carbons (Fsp3) is 0.250. The molecule has 1 aromatic heterocycles. The summed E-state index contributed by atoms with van der Waals surface area (Å²) in [4.78, 5) is 14.1. The topological polar surface area (TPSA) is 105 Å². The molecular formula is C20H20N4O4S2. The standard InChI is InChI=1S/C20H20N4O4S2/c25-18(24-12-4-5-13-24)14-29-20-22-21-19(28-20)15-8-10-16(11-9-15)23-30(26,27)17-6-2-1-3-7-17/h1-3,6-11,23H,4-5,12-14H2. The van der Waals surface area contributed by atoms with Crippen LogP contribution in [0.4, 0.5) is 5.69 Å². The third-order valence-corrected chi connectivity index (χ3v) is 6.82. The Morgan fingerprint density at radius 2 is 1.73 bits per heavy atom. The molecule has 0 bridgehead atoms. The Morgan fingerprint density at radius 3 is 2.43 bits per heavy atom. The molecule has 2 aromatic carbocycles. The van der Waals surface area contributed by atoms with Crippen molar-refractivity contribution in [1.82, 2.24) is 15.1 Å². The number of hydrogen-bond donors (Lipinski definition) is 1. The highest BCUT2D eigenvalue weighted by molar-refractivity contribution is 7.99. The van der Waals surface area contributed by atoms with E-state index in [9.17, 15) is 13.2 Å². The van der Waals surface area contributed by atoms with Crippen LogP contribution in [0.2, 0.25) is 0 Å². The first kappa shape index (κ1) is 20.4. The Hall–Kier alpha value is -2.85. The van der Waals surface area contributed by atoms with E-state index < -0.39 is 10.0 Å². The molecule has 1 N–H and O–H groups in total. The van der Waals surface area contributed by atoms with Crippen LogP contribution in [0, 0.1) is 0 Å². The van der Waals surface area contributed by atoms with Gasteiger partial charge in [0.25, 0.3) is 15.2 Å². The largest absolute Gasteiger partial charge is 0.411 e. The number of thioether (sulfide) groups is 1. The highest BCUT2D eigenvalue weighted by Crippen LogP contribution is 2.25. The van der Waals surface area contributed by atoms with Gasteiger partial charge in [-0.2, -0.15) is 0 Å². The smallest absolute Gasteiger partial charge is 0.277 e. The first-order chi connectivity index (χ1) is 14.5. The van der Waals surface area contributed by atoms with Crippen molar-refractivity contribution in [1.29, 1.82) is 0 Å². The highest BCUT2D eigenvalue weighted by Gasteiger charge is 2.19. The van der Waals surface area contributed by atoms with Gasteiger partial charge in [-0.1, -0.05) is 30.0 Å². The fourth-order valence-electron chi connectivity index (χ4n) is 3.06. The van der Waals surface area contributed by atoms with Gasteiger partial charge in [0.05, 0.1) is 10.6 Å². The van der Waals surface area contributed by atoms with E-state index in [2.05, 4.69) is 14.9 Å². The molecule has 8 nitrogen and oxygen atoms in total. The normalized spacial score (nSPS) is 14.1. The highest BCUT2D eigenvalue weighted by atomic mass is 32.2. The number of likely N-dealkylation sites (tertiary alicyclic amines) is 1. The molecule has 156 valence electrons. The summed E-state index contributed by atoms with van der Waals surface area (Å²) in [5.74, 6) is 0.651. The summed E-state index contributed by atoms with van der Waals surface area (Å²) in [5, 5.41) is 8.31. The predicted molar refractivity (Wildman–Crippen MR) is 114 cm³/mol. The molecule has 1 aliphatic rings. The average molecular weight is 445 g/mol. The van der Waals surface area contributed by atoms with Crippen LogP contribution in [-0.2, 0) is 14.8 Å². The Balaban J connectivity index is 1.38. The van der Waals surface area contributed by atoms with Gasteiger partial charge < -0.3 is 9.32 Å². The number of nitrogens with one attached hydrogen (secondary N) is 1. The minimum atomic E-state index is -3.65. The Bertz CT molecular complexity index is 1110. The summed E-state index contributed by atoms with van der Waals surface area (Å²) < 4.78 is 33.0. The Kier molecular flexibility index (Phi) is 6.05. The zero-order chi connectivity index (χ0) is 21.0. The monoisotopic (exact) mass is 444 g/mol. The predicted octanol–water partition coefficient (Wildman–Crippen LogP) is 3.25. The Labute approximate surface area is 178 Å². The van der Waals surface area contributed by atoms with E-state index in [0.717, 1.165) is 25.9 Å². The van der Waals surface area contributed by atoms with E-state index in [1.54, 1.807) is 42.5 Å². The number of anilines is 1. The number of benzene rings is 2. The van der Waals surface area contributed by atoms with Gasteiger partial charge in [0.2, 0.25) is 11.8 Å². The number of rotatable bonds is 7. The van der Waals surface area contributed by atoms with Crippen molar-refractivity contribution < 1.29 is 17.6 Å². The van der Waals surface area contributed by atoms with Crippen LogP contribution in [0.25, 0.3) is 11.5 Å². The molecule has 1 saturated heterocycles. The second-order valence-corrected chi connectivity index (χ2v) is 9.35. The molecule has 1 amide bonds. The van der Waals surface area contributed by atoms with Crippen LogP contribution >= 0.6 is 11.8 Å². The maximum atomic E-state index is 12.4. The molecular weight excluding hydrogens is 424 g/mol. The van der Waals surface area contributed by atoms with Crippen molar-refractivity contribution in [3.63, 3.8) is 0 Å². The van der Waals surface area contributed by atoms with Gasteiger partial charge in [-0.05, 0) is 49.2 Å². The van der Waals surface area contributed by atoms with Gasteiger partial charge in [-0.25, -0.2) is 8.42 Å². The first-order valence-corrected chi connectivity index (χ1v) is 11.9. The number of nitrogens with zero attached hydrogens (tertiary/aromatic N) is 3. The van der Waals surface area contributed by atoms with Gasteiger partial charge in [0.15, 0.2) is 0 Å². The Morgan fingerprint density at radius 1 is 1.03 bits per heavy atom. The van der Waals surface area contributed by atoms with Crippen LogP contribution in [-0.4, -0.2) is 48.3 Å². The van der Waals surface area contributed by atoms with Crippen LogP contribution in [0.5, 0.6) is 0 Å². The SMILES string of the molecule is O=C(CSc1nnc(-c2ccc(NS(=O)(=O)c3ccccc3)cc2)o1)N1CCCC1. The summed E-state index contributed by atoms with van der Waals surface area (Å²) in [5.41, 5.74) is 1.08. The third-order valence-electron chi connectivity index (χ3n) is 4.62. The molecule has 0 unspecified atom stereocenters. The summed E-state index contributed by atoms with van der Waals surface area (Å²) in [6.45, 7) is 1.63. The second-order valence-electron chi connectivity index (χ2n) is 6.75. The number of carbonyl (C=O) groups excluding carboxylic acids is 1. The molecule has 30 heavy (non-hydrogen) atoms. The van der Waals surface area contributed by atoms with Gasteiger partial charge in [0, 0.05) is 24.3 Å². The maximum absolute atomic E-state index is 12.4. The van der Waals surface area contributed by atoms with E-state index in [1.165, 1.54) is 23.9 Å². The zero-order valence-corrected chi connectivity index (χ0v) is 17.7. The van der Waals surface area contributed by atoms with Crippen molar-refractivity contribution in [2.75, 3.05) is 23.6 Å². The summed E-state index contributed by atoms with van der Waals surface area (Å²) in [6, 6.07) is 14.8. The van der Waals surface area contributed by atoms with E-state index in [-0.39, 0.29) is 16.6 Å². The second kappa shape index (κ2) is 8.88. The van der Waals surface area contributed by atoms with Gasteiger partial charge in [-0.3, -0.25) is 9.52 Å². The molecule has 1 fully saturated rings. The average Bonchev–Trinajstić information content (AvgIpc) is 3.45. The lowest BCUT2D eigenvalue weighted by atomic mass is 10.2. The quantitative estimate of drug-likeness (QED) is 0.558. The third kappa shape index (κ3) is 4.82. The van der Waals surface area contributed by atoms with Gasteiger partial charge in [-0.15, -0.1) is 10.2 Å². The van der Waals surface area contributed by atoms with Crippen LogP contribution in [0.15, 0.2) is 69.1 Å². The molecule has 2 heterocycles. The molecule has 4 rings (SSSR count). The molecule has 0 spiro atoms. The van der Waals surface area contributed by atoms with Crippen LogP contribution in [0.1, 0.15) is 12.8 Å². The van der Waals surface area contributed by atoms with E-state index in [4.69, 9.17) is 4.42 Å². The van der Waals surface area contributed by atoms with E-state index in [0.29, 0.717) is 22.4 Å². The number of amides is 1. The van der Waals surface area contributed by atoms with Gasteiger partial charge in [0.1, 0.15) is 0 Å². The van der Waals surface area contributed by atoms with Crippen molar-refractivity contribution in [2.24, 2.45) is 0 Å². The molecule has 10 heteroatoms. The van der Waals surface area contributed by atoms with Crippen molar-refractivity contribution in [3.8, 4) is 11.5 Å². The lowest BCUT2D eigenvalue weighted by Gasteiger charge is -2.13. The molecule has 0 aliphatic carbocycles. The molecule has 0 saturated carbocycles. The number of sulfonamides is 1. The first-order valence-electron chi connectivity index (χ1n) is 9.44. The minimum absolute atomic E-state index is 0.0762. The molecule has 0 atom stereocenters. The number of hydrogen-bond acceptors (Lipinski definition) is 7. The van der Waals surface area contributed by atoms with Crippen molar-refractivity contribution in [3.05, 3.63) is 54.6 Å². The number of carbonyl (C=O) groups is 1. The molecule has 0 radical (unpaired) electrons. The summed E-state index contributed by atoms with van der Waals surface area (Å²) in [7, 11) is -3.65. The van der Waals surface area contributed by atoms with Gasteiger partial charge >= 0.3 is 0 Å². The molecule has 1 aliphatic heterocycles. The fourth-order valence-corrected chi connectivity index (χ4v) is 4.81. The summed E-state index contributed by atoms with van der Waals surface area (Å²) >= 11 is 1.22. The zero-order valence-electron chi connectivity index (χ0n) is 16.0. The molecule has 3 aromatic rings. The lowest BCUT2D eigenvalue weighted by Crippen LogP contribution is -2.29. The van der Waals surface area contributed by atoms with E-state index >= 15 is 0 Å². The van der Waals surface area contributed by atoms with Crippen LogP contribution < -0.4 is 4.72 Å². The minimum Gasteiger partial charge on any atom is -0.411 e.